The molecule has 6 heteroatoms. The van der Waals surface area contributed by atoms with E-state index in [0.29, 0.717) is 0 Å². The summed E-state index contributed by atoms with van der Waals surface area (Å²) in [5, 5.41) is 0. The number of rotatable bonds is 4. The Morgan fingerprint density at radius 1 is 1.37 bits per heavy atom. The molecule has 0 saturated heterocycles. The molecule has 19 heavy (non-hydrogen) atoms. The number of carbonyl (C=O) groups excluding carboxylic acids is 1. The first-order valence-electron chi connectivity index (χ1n) is 5.67. The van der Waals surface area contributed by atoms with E-state index in [0.717, 1.165) is 12.7 Å². The first kappa shape index (κ1) is 15.5. The number of nitrogens with two attached hydrogens (primary N) is 1. The maximum atomic E-state index is 12.8. The first-order valence-corrected chi connectivity index (χ1v) is 5.67. The van der Waals surface area contributed by atoms with Crippen molar-refractivity contribution in [2.24, 2.45) is 5.73 Å². The molecule has 3 nitrogen and oxygen atoms in total. The summed E-state index contributed by atoms with van der Waals surface area (Å²) < 4.78 is 42.8. The van der Waals surface area contributed by atoms with Gasteiger partial charge in [0.1, 0.15) is 5.41 Å². The fourth-order valence-corrected chi connectivity index (χ4v) is 2.05. The lowest BCUT2D eigenvalue weighted by atomic mass is 9.77. The molecule has 0 radical (unpaired) electrons. The zero-order valence-electron chi connectivity index (χ0n) is 10.8. The van der Waals surface area contributed by atoms with Gasteiger partial charge in [0.15, 0.2) is 0 Å². The van der Waals surface area contributed by atoms with Crippen LogP contribution in [-0.2, 0) is 14.9 Å². The maximum Gasteiger partial charge on any atom is 0.390 e. The van der Waals surface area contributed by atoms with Crippen LogP contribution in [0.4, 0.5) is 13.2 Å². The van der Waals surface area contributed by atoms with Gasteiger partial charge in [0, 0.05) is 6.54 Å². The van der Waals surface area contributed by atoms with Crippen molar-refractivity contribution in [2.75, 3.05) is 13.7 Å². The van der Waals surface area contributed by atoms with Gasteiger partial charge in [0.25, 0.3) is 0 Å². The average molecular weight is 275 g/mol. The fraction of sp³-hybridized carbons (Fsp3) is 0.462. The van der Waals surface area contributed by atoms with E-state index in [1.807, 2.05) is 0 Å². The molecule has 106 valence electrons. The van der Waals surface area contributed by atoms with E-state index >= 15 is 0 Å². The van der Waals surface area contributed by atoms with E-state index in [4.69, 9.17) is 5.73 Å². The normalized spacial score (nSPS) is 14.8. The number of halogens is 3. The summed E-state index contributed by atoms with van der Waals surface area (Å²) in [6.45, 7) is 1.26. The van der Waals surface area contributed by atoms with E-state index < -0.39 is 30.5 Å². The van der Waals surface area contributed by atoms with E-state index in [1.54, 1.807) is 19.1 Å². The molecule has 0 saturated carbocycles. The van der Waals surface area contributed by atoms with Gasteiger partial charge in [-0.2, -0.15) is 13.2 Å². The summed E-state index contributed by atoms with van der Waals surface area (Å²) >= 11 is 0. The summed E-state index contributed by atoms with van der Waals surface area (Å²) in [6.07, 6.45) is -5.86. The number of hydrogen-bond acceptors (Lipinski definition) is 3. The fourth-order valence-electron chi connectivity index (χ4n) is 2.05. The number of benzene rings is 1. The SMILES string of the molecule is COC(=O)C(CN)(CC(F)(F)F)c1cccc(C)c1. The van der Waals surface area contributed by atoms with Crippen molar-refractivity contribution < 1.29 is 22.7 Å². The molecule has 0 aliphatic heterocycles. The van der Waals surface area contributed by atoms with Crippen LogP contribution in [0.1, 0.15) is 17.5 Å². The van der Waals surface area contributed by atoms with Crippen LogP contribution in [0.5, 0.6) is 0 Å². The van der Waals surface area contributed by atoms with Gasteiger partial charge in [-0.05, 0) is 12.5 Å². The van der Waals surface area contributed by atoms with Gasteiger partial charge in [-0.15, -0.1) is 0 Å². The third-order valence-corrected chi connectivity index (χ3v) is 3.00. The topological polar surface area (TPSA) is 52.3 Å². The second kappa shape index (κ2) is 5.61. The van der Waals surface area contributed by atoms with Crippen LogP contribution in [-0.4, -0.2) is 25.8 Å². The van der Waals surface area contributed by atoms with Crippen molar-refractivity contribution in [1.82, 2.24) is 0 Å². The predicted molar refractivity (Wildman–Crippen MR) is 64.6 cm³/mol. The predicted octanol–water partition coefficient (Wildman–Crippen LogP) is 2.32. The van der Waals surface area contributed by atoms with Gasteiger partial charge < -0.3 is 10.5 Å². The molecule has 0 aromatic heterocycles. The summed E-state index contributed by atoms with van der Waals surface area (Å²) in [7, 11) is 1.05. The number of carbonyl (C=O) groups is 1. The van der Waals surface area contributed by atoms with Crippen molar-refractivity contribution in [3.05, 3.63) is 35.4 Å². The van der Waals surface area contributed by atoms with Crippen molar-refractivity contribution in [3.8, 4) is 0 Å². The molecule has 1 unspecified atom stereocenters. The first-order chi connectivity index (χ1) is 8.75. The molecule has 0 heterocycles. The van der Waals surface area contributed by atoms with E-state index in [2.05, 4.69) is 4.74 Å². The molecule has 0 aliphatic carbocycles. The Bertz CT molecular complexity index is 459. The third-order valence-electron chi connectivity index (χ3n) is 3.00. The highest BCUT2D eigenvalue weighted by atomic mass is 19.4. The van der Waals surface area contributed by atoms with Crippen LogP contribution in [0.3, 0.4) is 0 Å². The molecule has 0 spiro atoms. The van der Waals surface area contributed by atoms with Gasteiger partial charge in [0.2, 0.25) is 0 Å². The third kappa shape index (κ3) is 3.47. The highest BCUT2D eigenvalue weighted by Gasteiger charge is 2.49. The number of esters is 1. The number of methoxy groups -OCH3 is 1. The summed E-state index contributed by atoms with van der Waals surface area (Å²) in [5.74, 6) is -0.974. The zero-order valence-corrected chi connectivity index (χ0v) is 10.8. The van der Waals surface area contributed by atoms with Crippen LogP contribution in [0.15, 0.2) is 24.3 Å². The minimum absolute atomic E-state index is 0.221. The Labute approximate surface area is 109 Å². The zero-order chi connectivity index (χ0) is 14.7. The molecular weight excluding hydrogens is 259 g/mol. The Morgan fingerprint density at radius 3 is 2.42 bits per heavy atom. The smallest absolute Gasteiger partial charge is 0.390 e. The quantitative estimate of drug-likeness (QED) is 0.858. The summed E-state index contributed by atoms with van der Waals surface area (Å²) in [4.78, 5) is 11.9. The highest BCUT2D eigenvalue weighted by molar-refractivity contribution is 5.83. The van der Waals surface area contributed by atoms with Crippen molar-refractivity contribution in [2.45, 2.75) is 24.9 Å². The molecule has 1 atom stereocenters. The molecule has 0 amide bonds. The Hall–Kier alpha value is -1.56. The maximum absolute atomic E-state index is 12.8. The lowest BCUT2D eigenvalue weighted by Gasteiger charge is -2.31. The summed E-state index contributed by atoms with van der Waals surface area (Å²) in [6, 6.07) is 6.31. The van der Waals surface area contributed by atoms with Crippen molar-refractivity contribution in [3.63, 3.8) is 0 Å². The van der Waals surface area contributed by atoms with Gasteiger partial charge in [-0.25, -0.2) is 0 Å². The Balaban J connectivity index is 3.36. The molecule has 0 bridgehead atoms. The molecular formula is C13H16F3NO2. The monoisotopic (exact) mass is 275 g/mol. The number of alkyl halides is 3. The van der Waals surface area contributed by atoms with Gasteiger partial charge in [-0.3, -0.25) is 4.79 Å². The van der Waals surface area contributed by atoms with Crippen LogP contribution >= 0.6 is 0 Å². The van der Waals surface area contributed by atoms with E-state index in [1.165, 1.54) is 12.1 Å². The van der Waals surface area contributed by atoms with Crippen molar-refractivity contribution in [1.29, 1.82) is 0 Å². The Morgan fingerprint density at radius 2 is 2.00 bits per heavy atom. The van der Waals surface area contributed by atoms with E-state index in [9.17, 15) is 18.0 Å². The van der Waals surface area contributed by atoms with Crippen LogP contribution < -0.4 is 5.73 Å². The number of aryl methyl sites for hydroxylation is 1. The molecule has 0 aliphatic rings. The van der Waals surface area contributed by atoms with Gasteiger partial charge in [0.05, 0.1) is 13.5 Å². The molecule has 2 N–H and O–H groups in total. The lowest BCUT2D eigenvalue weighted by Crippen LogP contribution is -2.47. The second-order valence-corrected chi connectivity index (χ2v) is 4.44. The molecule has 1 aromatic rings. The number of ether oxygens (including phenoxy) is 1. The number of hydrogen-bond donors (Lipinski definition) is 1. The highest BCUT2D eigenvalue weighted by Crippen LogP contribution is 2.37. The standard InChI is InChI=1S/C13H16F3NO2/c1-9-4-3-5-10(6-9)12(8-17,11(18)19-2)7-13(14,15)16/h3-6H,7-8,17H2,1-2H3. The molecule has 1 rings (SSSR count). The molecule has 0 fully saturated rings. The minimum Gasteiger partial charge on any atom is -0.468 e. The van der Waals surface area contributed by atoms with Gasteiger partial charge >= 0.3 is 12.1 Å². The van der Waals surface area contributed by atoms with Crippen LogP contribution in [0, 0.1) is 6.92 Å². The average Bonchev–Trinajstić information content (AvgIpc) is 2.34. The van der Waals surface area contributed by atoms with E-state index in [-0.39, 0.29) is 5.56 Å². The minimum atomic E-state index is -4.52. The Kier molecular flexibility index (Phi) is 4.57. The second-order valence-electron chi connectivity index (χ2n) is 4.44. The van der Waals surface area contributed by atoms with Crippen LogP contribution in [0.2, 0.25) is 0 Å². The molecule has 1 aromatic carbocycles. The van der Waals surface area contributed by atoms with Crippen LogP contribution in [0.25, 0.3) is 0 Å². The largest absolute Gasteiger partial charge is 0.468 e. The van der Waals surface area contributed by atoms with Gasteiger partial charge in [-0.1, -0.05) is 29.8 Å². The van der Waals surface area contributed by atoms with Crippen molar-refractivity contribution >= 4 is 5.97 Å². The lowest BCUT2D eigenvalue weighted by molar-refractivity contribution is -0.169. The summed E-state index contributed by atoms with van der Waals surface area (Å²) in [5.41, 5.74) is 4.56.